The van der Waals surface area contributed by atoms with Crippen molar-refractivity contribution in [3.8, 4) is 0 Å². The second kappa shape index (κ2) is 3.85. The summed E-state index contributed by atoms with van der Waals surface area (Å²) in [6.07, 6.45) is 1.06. The summed E-state index contributed by atoms with van der Waals surface area (Å²) in [5.74, 6) is -0.228. The highest BCUT2D eigenvalue weighted by Crippen LogP contribution is 2.23. The van der Waals surface area contributed by atoms with Gasteiger partial charge >= 0.3 is 0 Å². The van der Waals surface area contributed by atoms with Gasteiger partial charge in [-0.3, -0.25) is 10.1 Å². The minimum atomic E-state index is -3.20. The molecular weight excluding hydrogens is 220 g/mol. The molecule has 0 bridgehead atoms. The Morgan fingerprint density at radius 2 is 2.07 bits per heavy atom. The third-order valence-corrected chi connectivity index (χ3v) is 2.58. The highest BCUT2D eigenvalue weighted by Gasteiger charge is 2.13. The zero-order valence-electron chi connectivity index (χ0n) is 8.00. The van der Waals surface area contributed by atoms with E-state index < -0.39 is 14.8 Å². The van der Waals surface area contributed by atoms with Crippen LogP contribution in [0.25, 0.3) is 0 Å². The van der Waals surface area contributed by atoms with Crippen LogP contribution in [0.1, 0.15) is 5.56 Å². The molecule has 0 aromatic heterocycles. The van der Waals surface area contributed by atoms with Gasteiger partial charge in [-0.2, -0.15) is 0 Å². The van der Waals surface area contributed by atoms with Crippen molar-refractivity contribution in [1.82, 2.24) is 0 Å². The highest BCUT2D eigenvalue weighted by atomic mass is 32.2. The van der Waals surface area contributed by atoms with Crippen molar-refractivity contribution in [3.05, 3.63) is 33.9 Å². The lowest BCUT2D eigenvalue weighted by Crippen LogP contribution is -2.02. The molecule has 7 heteroatoms. The zero-order valence-corrected chi connectivity index (χ0v) is 8.82. The van der Waals surface area contributed by atoms with Crippen LogP contribution in [0, 0.1) is 10.1 Å². The van der Waals surface area contributed by atoms with Crippen LogP contribution in [0.3, 0.4) is 0 Å². The van der Waals surface area contributed by atoms with Gasteiger partial charge in [-0.1, -0.05) is 6.07 Å². The summed E-state index contributed by atoms with van der Waals surface area (Å²) >= 11 is 0. The first kappa shape index (κ1) is 11.4. The van der Waals surface area contributed by atoms with Gasteiger partial charge in [-0.05, 0) is 11.6 Å². The fraction of sp³-hybridized carbons (Fsp3) is 0.250. The fourth-order valence-electron chi connectivity index (χ4n) is 1.14. The molecule has 0 heterocycles. The second-order valence-corrected chi connectivity index (χ2v) is 5.36. The largest absolute Gasteiger partial charge is 0.393 e. The van der Waals surface area contributed by atoms with Crippen molar-refractivity contribution < 1.29 is 13.3 Å². The lowest BCUT2D eigenvalue weighted by molar-refractivity contribution is -0.383. The molecule has 0 spiro atoms. The summed E-state index contributed by atoms with van der Waals surface area (Å²) in [6, 6.07) is 3.97. The normalized spacial score (nSPS) is 11.3. The number of nitrogens with two attached hydrogens (primary N) is 1. The molecule has 0 aliphatic carbocycles. The van der Waals surface area contributed by atoms with Gasteiger partial charge in [0.05, 0.1) is 10.7 Å². The van der Waals surface area contributed by atoms with Crippen LogP contribution < -0.4 is 5.73 Å². The van der Waals surface area contributed by atoms with Crippen molar-refractivity contribution in [3.63, 3.8) is 0 Å². The number of rotatable bonds is 3. The van der Waals surface area contributed by atoms with Gasteiger partial charge in [0.2, 0.25) is 0 Å². The van der Waals surface area contributed by atoms with E-state index in [1.807, 2.05) is 0 Å². The summed E-state index contributed by atoms with van der Waals surface area (Å²) in [7, 11) is -3.20. The van der Waals surface area contributed by atoms with Gasteiger partial charge in [-0.15, -0.1) is 0 Å². The van der Waals surface area contributed by atoms with Crippen molar-refractivity contribution in [2.24, 2.45) is 0 Å². The minimum absolute atomic E-state index is 0.0252. The molecule has 15 heavy (non-hydrogen) atoms. The number of nitro benzene ring substituents is 1. The molecule has 0 amide bonds. The standard InChI is InChI=1S/C8H10N2O4S/c1-15(13,14)5-6-2-3-7(9)8(4-6)10(11)12/h2-4H,5,9H2,1H3. The maximum Gasteiger partial charge on any atom is 0.292 e. The Balaban J connectivity index is 3.14. The SMILES string of the molecule is CS(=O)(=O)Cc1ccc(N)c([N+](=O)[O-])c1. The first-order valence-corrected chi connectivity index (χ1v) is 6.06. The molecule has 0 unspecified atom stereocenters. The maximum absolute atomic E-state index is 11.0. The van der Waals surface area contributed by atoms with E-state index >= 15 is 0 Å². The molecule has 2 N–H and O–H groups in total. The van der Waals surface area contributed by atoms with E-state index in [2.05, 4.69) is 0 Å². The summed E-state index contributed by atoms with van der Waals surface area (Å²) < 4.78 is 21.9. The average molecular weight is 230 g/mol. The summed E-state index contributed by atoms with van der Waals surface area (Å²) in [5.41, 5.74) is 5.48. The van der Waals surface area contributed by atoms with Crippen LogP contribution in [0.2, 0.25) is 0 Å². The molecule has 0 saturated heterocycles. The van der Waals surface area contributed by atoms with Gasteiger partial charge in [0.25, 0.3) is 5.69 Å². The number of sulfone groups is 1. The van der Waals surface area contributed by atoms with Crippen LogP contribution in [0.15, 0.2) is 18.2 Å². The smallest absolute Gasteiger partial charge is 0.292 e. The van der Waals surface area contributed by atoms with E-state index in [1.54, 1.807) is 0 Å². The second-order valence-electron chi connectivity index (χ2n) is 3.22. The van der Waals surface area contributed by atoms with Crippen molar-refractivity contribution in [2.75, 3.05) is 12.0 Å². The molecule has 0 atom stereocenters. The Morgan fingerprint density at radius 3 is 2.53 bits per heavy atom. The molecule has 1 rings (SSSR count). The molecule has 0 saturated carbocycles. The first-order chi connectivity index (χ1) is 6.79. The monoisotopic (exact) mass is 230 g/mol. The van der Waals surface area contributed by atoms with E-state index in [9.17, 15) is 18.5 Å². The Labute approximate surface area is 86.8 Å². The molecule has 0 radical (unpaired) electrons. The average Bonchev–Trinajstić information content (AvgIpc) is 2.05. The van der Waals surface area contributed by atoms with E-state index in [-0.39, 0.29) is 17.1 Å². The number of nitro groups is 1. The summed E-state index contributed by atoms with van der Waals surface area (Å²) in [6.45, 7) is 0. The van der Waals surface area contributed by atoms with E-state index in [1.165, 1.54) is 18.2 Å². The van der Waals surface area contributed by atoms with Crippen molar-refractivity contribution in [2.45, 2.75) is 5.75 Å². The Bertz CT molecular complexity index is 495. The predicted molar refractivity (Wildman–Crippen MR) is 56.1 cm³/mol. The summed E-state index contributed by atoms with van der Waals surface area (Å²) in [5, 5.41) is 10.5. The van der Waals surface area contributed by atoms with Crippen LogP contribution in [0.5, 0.6) is 0 Å². The number of nitrogens with zero attached hydrogens (tertiary/aromatic N) is 1. The topological polar surface area (TPSA) is 103 Å². The molecule has 82 valence electrons. The Morgan fingerprint density at radius 1 is 1.47 bits per heavy atom. The van der Waals surface area contributed by atoms with Crippen LogP contribution in [-0.2, 0) is 15.6 Å². The fourth-order valence-corrected chi connectivity index (χ4v) is 1.92. The molecule has 0 aliphatic heterocycles. The number of nitrogen functional groups attached to an aromatic ring is 1. The minimum Gasteiger partial charge on any atom is -0.393 e. The van der Waals surface area contributed by atoms with Gasteiger partial charge < -0.3 is 5.73 Å². The third-order valence-electron chi connectivity index (χ3n) is 1.72. The Hall–Kier alpha value is -1.63. The van der Waals surface area contributed by atoms with E-state index in [4.69, 9.17) is 5.73 Å². The van der Waals surface area contributed by atoms with Crippen LogP contribution in [-0.4, -0.2) is 19.6 Å². The molecule has 1 aromatic carbocycles. The van der Waals surface area contributed by atoms with Crippen LogP contribution >= 0.6 is 0 Å². The molecular formula is C8H10N2O4S. The zero-order chi connectivity index (χ0) is 11.6. The molecule has 6 nitrogen and oxygen atoms in total. The van der Waals surface area contributed by atoms with E-state index in [0.29, 0.717) is 5.56 Å². The number of hydrogen-bond donors (Lipinski definition) is 1. The van der Waals surface area contributed by atoms with Gasteiger partial charge in [-0.25, -0.2) is 8.42 Å². The quantitative estimate of drug-likeness (QED) is 0.468. The lowest BCUT2D eigenvalue weighted by atomic mass is 10.2. The molecule has 0 fully saturated rings. The van der Waals surface area contributed by atoms with Gasteiger partial charge in [0.15, 0.2) is 9.84 Å². The van der Waals surface area contributed by atoms with Crippen molar-refractivity contribution >= 4 is 21.2 Å². The highest BCUT2D eigenvalue weighted by molar-refractivity contribution is 7.89. The third kappa shape index (κ3) is 3.21. The lowest BCUT2D eigenvalue weighted by Gasteiger charge is -2.01. The molecule has 0 aliphatic rings. The number of hydrogen-bond acceptors (Lipinski definition) is 5. The Kier molecular flexibility index (Phi) is 2.94. The molecule has 1 aromatic rings. The van der Waals surface area contributed by atoms with Crippen molar-refractivity contribution in [1.29, 1.82) is 0 Å². The first-order valence-electron chi connectivity index (χ1n) is 4.00. The number of benzene rings is 1. The predicted octanol–water partition coefficient (Wildman–Crippen LogP) is 0.722. The van der Waals surface area contributed by atoms with Gasteiger partial charge in [0, 0.05) is 12.3 Å². The van der Waals surface area contributed by atoms with Gasteiger partial charge in [0.1, 0.15) is 5.69 Å². The number of anilines is 1. The maximum atomic E-state index is 11.0. The van der Waals surface area contributed by atoms with E-state index in [0.717, 1.165) is 6.26 Å². The van der Waals surface area contributed by atoms with Crippen LogP contribution in [0.4, 0.5) is 11.4 Å². The summed E-state index contributed by atoms with van der Waals surface area (Å²) in [4.78, 5) is 9.88.